The molecule has 106 valence electrons. The van der Waals surface area contributed by atoms with E-state index in [9.17, 15) is 4.39 Å². The zero-order chi connectivity index (χ0) is 14.7. The lowest BCUT2D eigenvalue weighted by Gasteiger charge is -2.21. The van der Waals surface area contributed by atoms with Crippen LogP contribution in [0.15, 0.2) is 36.4 Å². The Hall–Kier alpha value is -1.58. The van der Waals surface area contributed by atoms with Crippen molar-refractivity contribution in [3.05, 3.63) is 63.9 Å². The normalized spacial score (nSPS) is 12.2. The largest absolute Gasteiger partial charge is 0.496 e. The average Bonchev–Trinajstić information content (AvgIpc) is 2.42. The van der Waals surface area contributed by atoms with Gasteiger partial charge in [0, 0.05) is 10.6 Å². The summed E-state index contributed by atoms with van der Waals surface area (Å²) in [5.74, 6) is 0.326. The van der Waals surface area contributed by atoms with E-state index in [1.54, 1.807) is 13.2 Å². The fraction of sp³-hybridized carbons (Fsp3) is 0.250. The Morgan fingerprint density at radius 3 is 2.50 bits per heavy atom. The molecule has 0 saturated heterocycles. The van der Waals surface area contributed by atoms with E-state index in [0.29, 0.717) is 10.8 Å². The fourth-order valence-corrected chi connectivity index (χ4v) is 2.62. The number of halogens is 2. The van der Waals surface area contributed by atoms with Crippen LogP contribution in [0, 0.1) is 12.7 Å². The van der Waals surface area contributed by atoms with Crippen LogP contribution in [0.1, 0.15) is 22.7 Å². The second-order valence-corrected chi connectivity index (χ2v) is 5.04. The summed E-state index contributed by atoms with van der Waals surface area (Å²) < 4.78 is 18.9. The van der Waals surface area contributed by atoms with Crippen molar-refractivity contribution in [2.45, 2.75) is 13.0 Å². The minimum Gasteiger partial charge on any atom is -0.496 e. The Bertz CT molecular complexity index is 615. The number of aryl methyl sites for hydroxylation is 1. The van der Waals surface area contributed by atoms with E-state index in [1.165, 1.54) is 12.1 Å². The molecule has 0 aliphatic heterocycles. The SMILES string of the molecule is CNC(c1ccc(C)cc1Cl)c1cc(F)ccc1OC. The summed E-state index contributed by atoms with van der Waals surface area (Å²) in [7, 11) is 3.38. The van der Waals surface area contributed by atoms with E-state index in [0.717, 1.165) is 16.7 Å². The van der Waals surface area contributed by atoms with Gasteiger partial charge in [-0.3, -0.25) is 0 Å². The van der Waals surface area contributed by atoms with Crippen LogP contribution in [0.4, 0.5) is 4.39 Å². The van der Waals surface area contributed by atoms with Gasteiger partial charge in [-0.2, -0.15) is 0 Å². The molecule has 0 fully saturated rings. The van der Waals surface area contributed by atoms with Crippen molar-refractivity contribution in [1.82, 2.24) is 5.32 Å². The number of nitrogens with one attached hydrogen (secondary N) is 1. The Morgan fingerprint density at radius 2 is 1.90 bits per heavy atom. The van der Waals surface area contributed by atoms with Crippen LogP contribution in [0.3, 0.4) is 0 Å². The summed E-state index contributed by atoms with van der Waals surface area (Å²) in [6.07, 6.45) is 0. The first-order chi connectivity index (χ1) is 9.56. The molecule has 0 heterocycles. The van der Waals surface area contributed by atoms with E-state index in [4.69, 9.17) is 16.3 Å². The van der Waals surface area contributed by atoms with E-state index in [-0.39, 0.29) is 11.9 Å². The molecule has 0 bridgehead atoms. The van der Waals surface area contributed by atoms with Crippen LogP contribution in [-0.4, -0.2) is 14.2 Å². The molecule has 2 nitrogen and oxygen atoms in total. The van der Waals surface area contributed by atoms with Gasteiger partial charge < -0.3 is 10.1 Å². The van der Waals surface area contributed by atoms with Crippen molar-refractivity contribution < 1.29 is 9.13 Å². The molecule has 2 aromatic rings. The molecule has 2 rings (SSSR count). The van der Waals surface area contributed by atoms with Crippen LogP contribution in [0.25, 0.3) is 0 Å². The molecule has 20 heavy (non-hydrogen) atoms. The Kier molecular flexibility index (Phi) is 4.63. The molecular formula is C16H17ClFNO. The summed E-state index contributed by atoms with van der Waals surface area (Å²) in [5.41, 5.74) is 2.70. The van der Waals surface area contributed by atoms with Gasteiger partial charge in [-0.1, -0.05) is 23.7 Å². The highest BCUT2D eigenvalue weighted by atomic mass is 35.5. The van der Waals surface area contributed by atoms with Gasteiger partial charge in [0.25, 0.3) is 0 Å². The molecule has 0 radical (unpaired) electrons. The van der Waals surface area contributed by atoms with Crippen molar-refractivity contribution >= 4 is 11.6 Å². The predicted octanol–water partition coefficient (Wildman–Crippen LogP) is 4.10. The maximum absolute atomic E-state index is 13.5. The second-order valence-electron chi connectivity index (χ2n) is 4.63. The van der Waals surface area contributed by atoms with Crippen molar-refractivity contribution in [3.63, 3.8) is 0 Å². The third-order valence-corrected chi connectivity index (χ3v) is 3.59. The minimum atomic E-state index is -0.302. The lowest BCUT2D eigenvalue weighted by molar-refractivity contribution is 0.404. The third-order valence-electron chi connectivity index (χ3n) is 3.26. The quantitative estimate of drug-likeness (QED) is 0.916. The van der Waals surface area contributed by atoms with Crippen LogP contribution in [0.5, 0.6) is 5.75 Å². The lowest BCUT2D eigenvalue weighted by atomic mass is 9.97. The standard InChI is InChI=1S/C16H17ClFNO/c1-10-4-6-12(14(17)8-10)16(19-2)13-9-11(18)5-7-15(13)20-3/h4-9,16,19H,1-3H3. The summed E-state index contributed by atoms with van der Waals surface area (Å²) in [6.45, 7) is 1.98. The summed E-state index contributed by atoms with van der Waals surface area (Å²) in [5, 5.41) is 3.81. The monoisotopic (exact) mass is 293 g/mol. The highest BCUT2D eigenvalue weighted by Gasteiger charge is 2.19. The first-order valence-electron chi connectivity index (χ1n) is 6.33. The Morgan fingerprint density at radius 1 is 1.15 bits per heavy atom. The molecule has 0 aliphatic carbocycles. The lowest BCUT2D eigenvalue weighted by Crippen LogP contribution is -2.19. The van der Waals surface area contributed by atoms with E-state index >= 15 is 0 Å². The molecule has 2 aromatic carbocycles. The molecular weight excluding hydrogens is 277 g/mol. The highest BCUT2D eigenvalue weighted by molar-refractivity contribution is 6.31. The van der Waals surface area contributed by atoms with Gasteiger partial charge in [0.1, 0.15) is 11.6 Å². The van der Waals surface area contributed by atoms with Crippen LogP contribution in [-0.2, 0) is 0 Å². The number of benzene rings is 2. The van der Waals surface area contributed by atoms with Gasteiger partial charge in [-0.05, 0) is 49.4 Å². The number of methoxy groups -OCH3 is 1. The molecule has 0 aromatic heterocycles. The topological polar surface area (TPSA) is 21.3 Å². The van der Waals surface area contributed by atoms with Crippen LogP contribution < -0.4 is 10.1 Å². The maximum atomic E-state index is 13.5. The molecule has 0 aliphatic rings. The summed E-state index contributed by atoms with van der Waals surface area (Å²) in [4.78, 5) is 0. The smallest absolute Gasteiger partial charge is 0.124 e. The van der Waals surface area contributed by atoms with Gasteiger partial charge in [0.2, 0.25) is 0 Å². The van der Waals surface area contributed by atoms with E-state index in [2.05, 4.69) is 5.32 Å². The van der Waals surface area contributed by atoms with E-state index in [1.807, 2.05) is 32.2 Å². The zero-order valence-electron chi connectivity index (χ0n) is 11.7. The molecule has 0 spiro atoms. The molecule has 0 amide bonds. The van der Waals surface area contributed by atoms with Crippen molar-refractivity contribution in [2.75, 3.05) is 14.2 Å². The van der Waals surface area contributed by atoms with Crippen molar-refractivity contribution in [1.29, 1.82) is 0 Å². The van der Waals surface area contributed by atoms with Gasteiger partial charge in [0.05, 0.1) is 13.2 Å². The number of hydrogen-bond acceptors (Lipinski definition) is 2. The molecule has 1 unspecified atom stereocenters. The van der Waals surface area contributed by atoms with Gasteiger partial charge in [-0.15, -0.1) is 0 Å². The molecule has 1 atom stereocenters. The van der Waals surface area contributed by atoms with Gasteiger partial charge in [0.15, 0.2) is 0 Å². The van der Waals surface area contributed by atoms with Crippen LogP contribution in [0.2, 0.25) is 5.02 Å². The number of rotatable bonds is 4. The first kappa shape index (κ1) is 14.8. The van der Waals surface area contributed by atoms with Gasteiger partial charge >= 0.3 is 0 Å². The average molecular weight is 294 g/mol. The Balaban J connectivity index is 2.54. The third kappa shape index (κ3) is 2.94. The Labute approximate surface area is 123 Å². The fourth-order valence-electron chi connectivity index (χ4n) is 2.28. The summed E-state index contributed by atoms with van der Waals surface area (Å²) in [6, 6.07) is 10.1. The zero-order valence-corrected chi connectivity index (χ0v) is 12.5. The van der Waals surface area contributed by atoms with Crippen molar-refractivity contribution in [3.8, 4) is 5.75 Å². The second kappa shape index (κ2) is 6.25. The number of hydrogen-bond donors (Lipinski definition) is 1. The number of ether oxygens (including phenoxy) is 1. The first-order valence-corrected chi connectivity index (χ1v) is 6.71. The van der Waals surface area contributed by atoms with E-state index < -0.39 is 0 Å². The minimum absolute atomic E-state index is 0.228. The molecule has 1 N–H and O–H groups in total. The molecule has 0 saturated carbocycles. The predicted molar refractivity (Wildman–Crippen MR) is 80.0 cm³/mol. The van der Waals surface area contributed by atoms with Crippen LogP contribution >= 0.6 is 11.6 Å². The molecule has 4 heteroatoms. The van der Waals surface area contributed by atoms with Crippen molar-refractivity contribution in [2.24, 2.45) is 0 Å². The van der Waals surface area contributed by atoms with Gasteiger partial charge in [-0.25, -0.2) is 4.39 Å². The summed E-state index contributed by atoms with van der Waals surface area (Å²) >= 11 is 6.31. The maximum Gasteiger partial charge on any atom is 0.124 e. The highest BCUT2D eigenvalue weighted by Crippen LogP contribution is 2.34.